The number of carbonyl (C=O) groups excluding carboxylic acids is 2. The van der Waals surface area contributed by atoms with E-state index < -0.39 is 0 Å². The van der Waals surface area contributed by atoms with Crippen molar-refractivity contribution in [3.8, 4) is 0 Å². The number of hydrogen-bond donors (Lipinski definition) is 2. The molecule has 0 fully saturated rings. The van der Waals surface area contributed by atoms with Gasteiger partial charge < -0.3 is 9.73 Å². The highest BCUT2D eigenvalue weighted by Crippen LogP contribution is 2.30. The molecule has 0 bridgehead atoms. The van der Waals surface area contributed by atoms with Crippen molar-refractivity contribution in [2.75, 3.05) is 5.32 Å². The number of nitrogens with zero attached hydrogens (tertiary/aromatic N) is 2. The Morgan fingerprint density at radius 2 is 1.79 bits per heavy atom. The van der Waals surface area contributed by atoms with Crippen LogP contribution in [-0.2, 0) is 6.42 Å². The number of furan rings is 1. The standard InChI is InChI=1S/C22H20N4O3/c1-14-19-17(25-26-21(27)15-6-3-2-4-7-15)8-5-9-18(19)29-20(14)22(28)24-16-10-12-23-13-11-16/h2-4,6-7,10-13H,5,8-9H2,1H3,(H,26,27)(H,23,24,28)/b25-17+. The van der Waals surface area contributed by atoms with Gasteiger partial charge in [-0.25, -0.2) is 5.43 Å². The van der Waals surface area contributed by atoms with E-state index in [1.165, 1.54) is 0 Å². The highest BCUT2D eigenvalue weighted by atomic mass is 16.4. The number of rotatable bonds is 4. The van der Waals surface area contributed by atoms with Crippen LogP contribution in [0.25, 0.3) is 0 Å². The predicted molar refractivity (Wildman–Crippen MR) is 109 cm³/mol. The van der Waals surface area contributed by atoms with Crippen molar-refractivity contribution in [3.63, 3.8) is 0 Å². The topological polar surface area (TPSA) is 96.6 Å². The first kappa shape index (κ1) is 18.6. The number of aromatic nitrogens is 1. The molecule has 2 amide bonds. The number of nitrogens with one attached hydrogen (secondary N) is 2. The second-order valence-electron chi connectivity index (χ2n) is 6.76. The van der Waals surface area contributed by atoms with Gasteiger partial charge in [0.25, 0.3) is 11.8 Å². The number of benzene rings is 1. The number of carbonyl (C=O) groups is 2. The van der Waals surface area contributed by atoms with E-state index in [1.54, 1.807) is 48.8 Å². The van der Waals surface area contributed by atoms with Crippen LogP contribution in [0.3, 0.4) is 0 Å². The van der Waals surface area contributed by atoms with Crippen molar-refractivity contribution < 1.29 is 14.0 Å². The van der Waals surface area contributed by atoms with Crippen LogP contribution in [0.4, 0.5) is 5.69 Å². The van der Waals surface area contributed by atoms with Gasteiger partial charge in [-0.05, 0) is 44.0 Å². The van der Waals surface area contributed by atoms with Gasteiger partial charge in [-0.2, -0.15) is 5.10 Å². The minimum atomic E-state index is -0.323. The van der Waals surface area contributed by atoms with Crippen molar-refractivity contribution in [1.29, 1.82) is 0 Å². The molecule has 0 saturated carbocycles. The zero-order valence-electron chi connectivity index (χ0n) is 15.9. The van der Waals surface area contributed by atoms with Gasteiger partial charge in [0.1, 0.15) is 5.76 Å². The van der Waals surface area contributed by atoms with Crippen LogP contribution in [0.2, 0.25) is 0 Å². The Labute approximate surface area is 167 Å². The summed E-state index contributed by atoms with van der Waals surface area (Å²) < 4.78 is 5.87. The quantitative estimate of drug-likeness (QED) is 0.666. The molecule has 29 heavy (non-hydrogen) atoms. The monoisotopic (exact) mass is 388 g/mol. The van der Waals surface area contributed by atoms with Crippen LogP contribution in [0, 0.1) is 6.92 Å². The third-order valence-electron chi connectivity index (χ3n) is 4.80. The lowest BCUT2D eigenvalue weighted by molar-refractivity contribution is 0.0953. The number of fused-ring (bicyclic) bond motifs is 1. The first-order valence-corrected chi connectivity index (χ1v) is 9.39. The van der Waals surface area contributed by atoms with Crippen LogP contribution < -0.4 is 10.7 Å². The highest BCUT2D eigenvalue weighted by molar-refractivity contribution is 6.09. The summed E-state index contributed by atoms with van der Waals surface area (Å²) in [5.41, 5.74) is 6.05. The first-order chi connectivity index (χ1) is 14.1. The van der Waals surface area contributed by atoms with E-state index in [1.807, 2.05) is 13.0 Å². The average Bonchev–Trinajstić information content (AvgIpc) is 3.10. The minimum absolute atomic E-state index is 0.260. The summed E-state index contributed by atoms with van der Waals surface area (Å²) in [6.45, 7) is 1.84. The molecule has 1 aromatic carbocycles. The number of pyridine rings is 1. The number of hydrogen-bond acceptors (Lipinski definition) is 5. The zero-order valence-corrected chi connectivity index (χ0v) is 15.9. The molecule has 1 aliphatic carbocycles. The van der Waals surface area contributed by atoms with Crippen molar-refractivity contribution in [3.05, 3.63) is 83.1 Å². The van der Waals surface area contributed by atoms with Gasteiger partial charge >= 0.3 is 0 Å². The molecular formula is C22H20N4O3. The maximum Gasteiger partial charge on any atom is 0.291 e. The van der Waals surface area contributed by atoms with Gasteiger partial charge in [0.15, 0.2) is 5.76 Å². The average molecular weight is 388 g/mol. The van der Waals surface area contributed by atoms with Crippen molar-refractivity contribution in [2.24, 2.45) is 5.10 Å². The first-order valence-electron chi connectivity index (χ1n) is 9.39. The molecule has 4 rings (SSSR count). The number of anilines is 1. The smallest absolute Gasteiger partial charge is 0.291 e. The van der Waals surface area contributed by atoms with Crippen LogP contribution in [0.15, 0.2) is 64.4 Å². The third-order valence-corrected chi connectivity index (χ3v) is 4.80. The van der Waals surface area contributed by atoms with Gasteiger partial charge in [-0.3, -0.25) is 14.6 Å². The van der Waals surface area contributed by atoms with Crippen LogP contribution in [-0.4, -0.2) is 22.5 Å². The van der Waals surface area contributed by atoms with E-state index >= 15 is 0 Å². The van der Waals surface area contributed by atoms with Crippen LogP contribution in [0.1, 0.15) is 50.6 Å². The Morgan fingerprint density at radius 3 is 2.55 bits per heavy atom. The molecule has 2 heterocycles. The van der Waals surface area contributed by atoms with Crippen LogP contribution in [0.5, 0.6) is 0 Å². The summed E-state index contributed by atoms with van der Waals surface area (Å²) in [5, 5.41) is 7.15. The molecular weight excluding hydrogens is 368 g/mol. The molecule has 0 saturated heterocycles. The fraction of sp³-hybridized carbons (Fsp3) is 0.182. The number of hydrazone groups is 1. The largest absolute Gasteiger partial charge is 0.455 e. The van der Waals surface area contributed by atoms with E-state index in [0.29, 0.717) is 17.7 Å². The van der Waals surface area contributed by atoms with Gasteiger partial charge in [-0.1, -0.05) is 18.2 Å². The predicted octanol–water partition coefficient (Wildman–Crippen LogP) is 3.71. The van der Waals surface area contributed by atoms with Gasteiger partial charge in [0.2, 0.25) is 0 Å². The lowest BCUT2D eigenvalue weighted by atomic mass is 9.93. The second kappa shape index (κ2) is 8.10. The van der Waals surface area contributed by atoms with Gasteiger partial charge in [-0.15, -0.1) is 0 Å². The summed E-state index contributed by atoms with van der Waals surface area (Å²) in [5.74, 6) is 0.384. The highest BCUT2D eigenvalue weighted by Gasteiger charge is 2.28. The fourth-order valence-electron chi connectivity index (χ4n) is 3.39. The number of aryl methyl sites for hydroxylation is 1. The Kier molecular flexibility index (Phi) is 5.20. The summed E-state index contributed by atoms with van der Waals surface area (Å²) in [6.07, 6.45) is 5.48. The normalized spacial score (nSPS) is 14.3. The van der Waals surface area contributed by atoms with E-state index in [0.717, 1.165) is 35.4 Å². The van der Waals surface area contributed by atoms with E-state index in [4.69, 9.17) is 4.42 Å². The number of amides is 2. The molecule has 146 valence electrons. The summed E-state index contributed by atoms with van der Waals surface area (Å²) in [6, 6.07) is 12.3. The summed E-state index contributed by atoms with van der Waals surface area (Å²) >= 11 is 0. The molecule has 0 radical (unpaired) electrons. The second-order valence-corrected chi connectivity index (χ2v) is 6.76. The minimum Gasteiger partial charge on any atom is -0.455 e. The van der Waals surface area contributed by atoms with Crippen molar-refractivity contribution >= 4 is 23.2 Å². The maximum atomic E-state index is 12.7. The Morgan fingerprint density at radius 1 is 1.03 bits per heavy atom. The Balaban J connectivity index is 1.57. The van der Waals surface area contributed by atoms with Gasteiger partial charge in [0, 0.05) is 41.2 Å². The zero-order chi connectivity index (χ0) is 20.2. The molecule has 2 N–H and O–H groups in total. The molecule has 0 atom stereocenters. The molecule has 3 aromatic rings. The van der Waals surface area contributed by atoms with Crippen molar-refractivity contribution in [1.82, 2.24) is 10.4 Å². The molecule has 0 spiro atoms. The molecule has 1 aliphatic rings. The third kappa shape index (κ3) is 3.94. The Bertz CT molecular complexity index is 1070. The summed E-state index contributed by atoms with van der Waals surface area (Å²) in [4.78, 5) is 28.9. The summed E-state index contributed by atoms with van der Waals surface area (Å²) in [7, 11) is 0. The van der Waals surface area contributed by atoms with Gasteiger partial charge in [0.05, 0.1) is 5.71 Å². The molecule has 0 aliphatic heterocycles. The molecule has 2 aromatic heterocycles. The van der Waals surface area contributed by atoms with E-state index in [2.05, 4.69) is 20.8 Å². The SMILES string of the molecule is Cc1c(C(=O)Nc2ccncc2)oc2c1/C(=N/NC(=O)c1ccccc1)CCC2. The molecule has 7 nitrogen and oxygen atoms in total. The molecule has 0 unspecified atom stereocenters. The van der Waals surface area contributed by atoms with E-state index in [-0.39, 0.29) is 17.6 Å². The lowest BCUT2D eigenvalue weighted by Gasteiger charge is -2.13. The van der Waals surface area contributed by atoms with Crippen LogP contribution >= 0.6 is 0 Å². The lowest BCUT2D eigenvalue weighted by Crippen LogP contribution is -2.22. The molecule has 7 heteroatoms. The maximum absolute atomic E-state index is 12.7. The Hall–Kier alpha value is -3.74. The van der Waals surface area contributed by atoms with Crippen molar-refractivity contribution in [2.45, 2.75) is 26.2 Å². The van der Waals surface area contributed by atoms with E-state index in [9.17, 15) is 9.59 Å². The fourth-order valence-corrected chi connectivity index (χ4v) is 3.39.